The van der Waals surface area contributed by atoms with E-state index in [2.05, 4.69) is 5.32 Å². The van der Waals surface area contributed by atoms with Gasteiger partial charge in [0.25, 0.3) is 0 Å². The monoisotopic (exact) mass is 469 g/mol. The molecule has 7 nitrogen and oxygen atoms in total. The van der Waals surface area contributed by atoms with E-state index >= 15 is 0 Å². The zero-order chi connectivity index (χ0) is 24.3. The minimum atomic E-state index is -0.548. The van der Waals surface area contributed by atoms with Crippen LogP contribution in [0.1, 0.15) is 67.8 Å². The number of hydrogen-bond acceptors (Lipinski definition) is 6. The minimum Gasteiger partial charge on any atom is -0.507 e. The van der Waals surface area contributed by atoms with Crippen LogP contribution in [0.3, 0.4) is 0 Å². The van der Waals surface area contributed by atoms with Crippen molar-refractivity contribution in [3.63, 3.8) is 0 Å². The molecule has 0 radical (unpaired) electrons. The first-order chi connectivity index (χ1) is 16.5. The number of hydrogen-bond donors (Lipinski definition) is 3. The Kier molecular flexibility index (Phi) is 9.91. The average Bonchev–Trinajstić information content (AvgIpc) is 2.80. The van der Waals surface area contributed by atoms with Crippen molar-refractivity contribution in [2.75, 3.05) is 0 Å². The summed E-state index contributed by atoms with van der Waals surface area (Å²) < 4.78 is 12.0. The van der Waals surface area contributed by atoms with Crippen LogP contribution in [0.2, 0.25) is 0 Å². The largest absolute Gasteiger partial charge is 0.507 e. The molecule has 2 unspecified atom stereocenters. The number of rotatable bonds is 6. The van der Waals surface area contributed by atoms with E-state index in [0.29, 0.717) is 50.5 Å². The number of ether oxygens (including phenoxy) is 2. The predicted molar refractivity (Wildman–Crippen MR) is 129 cm³/mol. The fourth-order valence-electron chi connectivity index (χ4n) is 4.38. The number of cyclic esters (lactones) is 1. The Hall–Kier alpha value is -2.90. The number of aromatic hydroxyl groups is 1. The topological polar surface area (TPSA) is 105 Å². The molecular weight excluding hydrogens is 434 g/mol. The Labute approximate surface area is 201 Å². The van der Waals surface area contributed by atoms with Crippen molar-refractivity contribution in [2.45, 2.75) is 82.7 Å². The number of aliphatic hydroxyl groups is 1. The summed E-state index contributed by atoms with van der Waals surface area (Å²) in [7, 11) is 0. The summed E-state index contributed by atoms with van der Waals surface area (Å²) >= 11 is 0. The number of benzene rings is 1. The molecule has 0 aliphatic carbocycles. The number of carbonyl (C=O) groups excluding carboxylic acids is 2. The van der Waals surface area contributed by atoms with Gasteiger partial charge in [0.15, 0.2) is 0 Å². The second-order valence-electron chi connectivity index (χ2n) is 8.80. The normalized spacial score (nSPS) is 26.1. The zero-order valence-electron chi connectivity index (χ0n) is 19.7. The third-order valence-electron chi connectivity index (χ3n) is 6.08. The Balaban J connectivity index is 1.70. The number of phenols is 1. The number of phenolic OH excluding ortho intramolecular Hbond substituents is 1. The van der Waals surface area contributed by atoms with Crippen molar-refractivity contribution < 1.29 is 29.3 Å². The van der Waals surface area contributed by atoms with Gasteiger partial charge in [-0.25, -0.2) is 4.79 Å². The third kappa shape index (κ3) is 7.85. The van der Waals surface area contributed by atoms with Gasteiger partial charge in [-0.1, -0.05) is 43.4 Å². The lowest BCUT2D eigenvalue weighted by atomic mass is 9.92. The van der Waals surface area contributed by atoms with Crippen LogP contribution < -0.4 is 5.32 Å². The first kappa shape index (κ1) is 25.7. The zero-order valence-corrected chi connectivity index (χ0v) is 19.7. The molecular formula is C27H35NO6. The van der Waals surface area contributed by atoms with Gasteiger partial charge >= 0.3 is 5.97 Å². The second kappa shape index (κ2) is 13.1. The highest BCUT2D eigenvalue weighted by molar-refractivity contribution is 5.94. The number of aryl methyl sites for hydroxylation is 1. The molecule has 4 atom stereocenters. The van der Waals surface area contributed by atoms with E-state index in [9.17, 15) is 19.8 Å². The maximum atomic E-state index is 13.0. The van der Waals surface area contributed by atoms with Crippen molar-refractivity contribution in [1.82, 2.24) is 5.32 Å². The van der Waals surface area contributed by atoms with Crippen LogP contribution >= 0.6 is 0 Å². The second-order valence-corrected chi connectivity index (χ2v) is 8.80. The van der Waals surface area contributed by atoms with Crippen LogP contribution in [0.15, 0.2) is 54.8 Å². The fraction of sp³-hybridized carbons (Fsp3) is 0.481. The number of fused-ring (bicyclic) bond motifs is 3. The standard InChI is InChI=1S/C27H35NO6/c1-2-3-4-5-11-25(31)28-16-7-9-21-14-15-23-18-20(29)17-22(33-23)13-12-19-8-6-10-24(30)26(19)27(32)34-21/h3-8,10-11,16,20-23,29-30H,2,9,12-15,17-18H2,1H3,(H,28,31)/b4-3-,11-5-,16-7+/t20-,21?,22+,23?/m1/s1. The molecule has 7 heteroatoms. The molecule has 2 heterocycles. The van der Waals surface area contributed by atoms with Crippen LogP contribution in [0.5, 0.6) is 5.75 Å². The molecule has 2 aliphatic heterocycles. The molecule has 1 aromatic carbocycles. The maximum Gasteiger partial charge on any atom is 0.342 e. The van der Waals surface area contributed by atoms with Crippen molar-refractivity contribution in [3.8, 4) is 5.75 Å². The summed E-state index contributed by atoms with van der Waals surface area (Å²) in [6.07, 6.45) is 13.9. The van der Waals surface area contributed by atoms with Gasteiger partial charge in [0.2, 0.25) is 5.91 Å². The Morgan fingerprint density at radius 3 is 2.74 bits per heavy atom. The van der Waals surface area contributed by atoms with Gasteiger partial charge in [0, 0.05) is 18.7 Å². The molecule has 34 heavy (non-hydrogen) atoms. The Morgan fingerprint density at radius 2 is 1.94 bits per heavy atom. The molecule has 1 aromatic rings. The van der Waals surface area contributed by atoms with Gasteiger partial charge in [0.1, 0.15) is 17.4 Å². The van der Waals surface area contributed by atoms with Crippen LogP contribution in [-0.4, -0.2) is 46.5 Å². The summed E-state index contributed by atoms with van der Waals surface area (Å²) in [6, 6.07) is 5.01. The molecule has 0 saturated carbocycles. The molecule has 3 N–H and O–H groups in total. The van der Waals surface area contributed by atoms with E-state index < -0.39 is 18.2 Å². The molecule has 1 fully saturated rings. The molecule has 0 aromatic heterocycles. The quantitative estimate of drug-likeness (QED) is 0.329. The number of carbonyl (C=O) groups is 2. The van der Waals surface area contributed by atoms with Gasteiger partial charge in [-0.3, -0.25) is 4.79 Å². The number of aliphatic hydroxyl groups excluding tert-OH is 1. The van der Waals surface area contributed by atoms with Crippen LogP contribution in [0.25, 0.3) is 0 Å². The summed E-state index contributed by atoms with van der Waals surface area (Å²) in [5.41, 5.74) is 0.889. The van der Waals surface area contributed by atoms with Gasteiger partial charge in [-0.05, 0) is 56.6 Å². The lowest BCUT2D eigenvalue weighted by Crippen LogP contribution is -2.37. The number of amides is 1. The third-order valence-corrected chi connectivity index (χ3v) is 6.08. The molecule has 1 saturated heterocycles. The molecule has 0 spiro atoms. The van der Waals surface area contributed by atoms with Crippen LogP contribution in [-0.2, 0) is 20.7 Å². The molecule has 2 bridgehead atoms. The van der Waals surface area contributed by atoms with E-state index in [1.807, 2.05) is 25.1 Å². The molecule has 1 amide bonds. The van der Waals surface area contributed by atoms with E-state index in [1.54, 1.807) is 24.4 Å². The minimum absolute atomic E-state index is 0.0896. The Bertz CT molecular complexity index is 922. The molecule has 184 valence electrons. The smallest absolute Gasteiger partial charge is 0.342 e. The van der Waals surface area contributed by atoms with Gasteiger partial charge < -0.3 is 25.0 Å². The van der Waals surface area contributed by atoms with Crippen LogP contribution in [0, 0.1) is 0 Å². The number of nitrogens with one attached hydrogen (secondary N) is 1. The van der Waals surface area contributed by atoms with E-state index in [-0.39, 0.29) is 29.4 Å². The van der Waals surface area contributed by atoms with Gasteiger partial charge in [-0.2, -0.15) is 0 Å². The lowest BCUT2D eigenvalue weighted by Gasteiger charge is -2.34. The van der Waals surface area contributed by atoms with Gasteiger partial charge in [0.05, 0.1) is 18.3 Å². The lowest BCUT2D eigenvalue weighted by molar-refractivity contribution is -0.115. The Morgan fingerprint density at radius 1 is 1.15 bits per heavy atom. The average molecular weight is 470 g/mol. The summed E-state index contributed by atoms with van der Waals surface area (Å²) in [5, 5.41) is 23.4. The van der Waals surface area contributed by atoms with Crippen molar-refractivity contribution in [2.24, 2.45) is 0 Å². The first-order valence-corrected chi connectivity index (χ1v) is 12.1. The summed E-state index contributed by atoms with van der Waals surface area (Å²) in [6.45, 7) is 2.02. The van der Waals surface area contributed by atoms with Crippen molar-refractivity contribution in [3.05, 3.63) is 65.9 Å². The van der Waals surface area contributed by atoms with Crippen molar-refractivity contribution in [1.29, 1.82) is 0 Å². The molecule has 2 aliphatic rings. The summed E-state index contributed by atoms with van der Waals surface area (Å²) in [4.78, 5) is 24.9. The van der Waals surface area contributed by atoms with Gasteiger partial charge in [-0.15, -0.1) is 0 Å². The van der Waals surface area contributed by atoms with E-state index in [4.69, 9.17) is 9.47 Å². The SMILES string of the molecule is CC/C=C\C=C/C(=O)N/C=C/CC1CCC2C[C@H](O)C[C@H](CCc3cccc(O)c3C(=O)O1)O2. The van der Waals surface area contributed by atoms with E-state index in [0.717, 1.165) is 6.42 Å². The first-order valence-electron chi connectivity index (χ1n) is 12.1. The fourth-order valence-corrected chi connectivity index (χ4v) is 4.38. The highest BCUT2D eigenvalue weighted by Gasteiger charge is 2.31. The molecule has 3 rings (SSSR count). The predicted octanol–water partition coefficient (Wildman–Crippen LogP) is 4.09. The van der Waals surface area contributed by atoms with Crippen LogP contribution in [0.4, 0.5) is 0 Å². The number of esters is 1. The number of allylic oxidation sites excluding steroid dienone is 3. The van der Waals surface area contributed by atoms with Crippen molar-refractivity contribution >= 4 is 11.9 Å². The highest BCUT2D eigenvalue weighted by Crippen LogP contribution is 2.30. The maximum absolute atomic E-state index is 13.0. The highest BCUT2D eigenvalue weighted by atomic mass is 16.5. The van der Waals surface area contributed by atoms with E-state index in [1.165, 1.54) is 12.1 Å². The summed E-state index contributed by atoms with van der Waals surface area (Å²) in [5.74, 6) is -0.900.